The summed E-state index contributed by atoms with van der Waals surface area (Å²) in [6, 6.07) is 13.8. The first-order valence-corrected chi connectivity index (χ1v) is 8.97. The Balaban J connectivity index is 2.14. The number of rotatable bonds is 8. The molecule has 5 nitrogen and oxygen atoms in total. The molecule has 0 aromatic heterocycles. The van der Waals surface area contributed by atoms with E-state index in [1.165, 1.54) is 11.8 Å². The van der Waals surface area contributed by atoms with Crippen LogP contribution in [0.5, 0.6) is 5.75 Å². The summed E-state index contributed by atoms with van der Waals surface area (Å²) >= 11 is 1.28. The molecule has 132 valence electrons. The number of nitrogens with one attached hydrogen (secondary N) is 1. The fraction of sp³-hybridized carbons (Fsp3) is 0.263. The predicted octanol–water partition coefficient (Wildman–Crippen LogP) is 2.82. The van der Waals surface area contributed by atoms with E-state index in [4.69, 9.17) is 4.74 Å². The van der Waals surface area contributed by atoms with Crippen molar-refractivity contribution in [2.45, 2.75) is 19.6 Å². The van der Waals surface area contributed by atoms with Crippen LogP contribution in [0.2, 0.25) is 0 Å². The summed E-state index contributed by atoms with van der Waals surface area (Å²) in [5, 5.41) is 15.0. The number of methoxy groups -OCH3 is 1. The number of anilines is 1. The smallest absolute Gasteiger partial charge is 0.122 e. The van der Waals surface area contributed by atoms with Crippen molar-refractivity contribution in [3.63, 3.8) is 0 Å². The molecule has 25 heavy (non-hydrogen) atoms. The van der Waals surface area contributed by atoms with Crippen molar-refractivity contribution in [1.82, 2.24) is 0 Å². The second-order valence-electron chi connectivity index (χ2n) is 5.57. The van der Waals surface area contributed by atoms with E-state index in [1.54, 1.807) is 7.11 Å². The van der Waals surface area contributed by atoms with Crippen molar-refractivity contribution in [1.29, 1.82) is 0 Å². The zero-order valence-corrected chi connectivity index (χ0v) is 15.4. The number of hydrogen-bond donors (Lipinski definition) is 1. The lowest BCUT2D eigenvalue weighted by atomic mass is 10.1. The number of benzene rings is 2. The van der Waals surface area contributed by atoms with Gasteiger partial charge in [-0.15, -0.1) is 0 Å². The van der Waals surface area contributed by atoms with E-state index >= 15 is 0 Å². The SMILES string of the molecule is COc1ccc(/C(C)=N\Nc2cccc(C)c2)cc1CSCC(=O)[O-]. The zero-order valence-electron chi connectivity index (χ0n) is 14.5. The quantitative estimate of drug-likeness (QED) is 0.581. The van der Waals surface area contributed by atoms with Crippen LogP contribution >= 0.6 is 11.8 Å². The van der Waals surface area contributed by atoms with Gasteiger partial charge in [-0.3, -0.25) is 5.43 Å². The van der Waals surface area contributed by atoms with Crippen LogP contribution in [-0.4, -0.2) is 24.5 Å². The van der Waals surface area contributed by atoms with Gasteiger partial charge in [0.2, 0.25) is 0 Å². The van der Waals surface area contributed by atoms with E-state index in [0.29, 0.717) is 5.75 Å². The van der Waals surface area contributed by atoms with Crippen molar-refractivity contribution in [2.24, 2.45) is 5.10 Å². The lowest BCUT2D eigenvalue weighted by molar-refractivity contribution is -0.301. The monoisotopic (exact) mass is 357 g/mol. The molecule has 0 radical (unpaired) electrons. The number of ether oxygens (including phenoxy) is 1. The van der Waals surface area contributed by atoms with Crippen LogP contribution in [0.4, 0.5) is 5.69 Å². The van der Waals surface area contributed by atoms with Gasteiger partial charge < -0.3 is 14.6 Å². The predicted molar refractivity (Wildman–Crippen MR) is 101 cm³/mol. The second kappa shape index (κ2) is 9.13. The molecular formula is C19H21N2O3S-. The molecule has 0 spiro atoms. The van der Waals surface area contributed by atoms with Gasteiger partial charge >= 0.3 is 0 Å². The third kappa shape index (κ3) is 5.83. The fourth-order valence-corrected chi connectivity index (χ4v) is 3.00. The Kier molecular flexibility index (Phi) is 6.89. The van der Waals surface area contributed by atoms with Gasteiger partial charge in [0.15, 0.2) is 0 Å². The molecule has 0 heterocycles. The van der Waals surface area contributed by atoms with E-state index in [0.717, 1.165) is 33.8 Å². The molecule has 1 N–H and O–H groups in total. The lowest BCUT2D eigenvalue weighted by Gasteiger charge is -2.11. The Labute approximate surface area is 152 Å². The normalized spacial score (nSPS) is 11.2. The van der Waals surface area contributed by atoms with Gasteiger partial charge in [-0.25, -0.2) is 0 Å². The van der Waals surface area contributed by atoms with Gasteiger partial charge in [-0.1, -0.05) is 12.1 Å². The van der Waals surface area contributed by atoms with Gasteiger partial charge in [0, 0.05) is 17.1 Å². The zero-order chi connectivity index (χ0) is 18.2. The van der Waals surface area contributed by atoms with E-state index in [1.807, 2.05) is 56.3 Å². The Hall–Kier alpha value is -2.47. The minimum atomic E-state index is -1.07. The van der Waals surface area contributed by atoms with Crippen molar-refractivity contribution < 1.29 is 14.6 Å². The van der Waals surface area contributed by atoms with Gasteiger partial charge in [-0.05, 0) is 55.3 Å². The number of aliphatic carboxylic acids is 1. The van der Waals surface area contributed by atoms with E-state index in [2.05, 4.69) is 10.5 Å². The molecule has 0 aliphatic heterocycles. The van der Waals surface area contributed by atoms with Crippen LogP contribution in [0.1, 0.15) is 23.6 Å². The summed E-state index contributed by atoms with van der Waals surface area (Å²) in [5.41, 5.74) is 7.85. The van der Waals surface area contributed by atoms with Crippen molar-refractivity contribution >= 4 is 29.1 Å². The number of carboxylic acid groups (broad SMARTS) is 1. The highest BCUT2D eigenvalue weighted by Crippen LogP contribution is 2.25. The van der Waals surface area contributed by atoms with Crippen LogP contribution in [0.25, 0.3) is 0 Å². The van der Waals surface area contributed by atoms with Gasteiger partial charge in [0.25, 0.3) is 0 Å². The first-order chi connectivity index (χ1) is 12.0. The molecule has 0 fully saturated rings. The average Bonchev–Trinajstić information content (AvgIpc) is 2.59. The third-order valence-electron chi connectivity index (χ3n) is 3.55. The first-order valence-electron chi connectivity index (χ1n) is 7.81. The molecule has 2 aromatic rings. The molecule has 0 amide bonds. The second-order valence-corrected chi connectivity index (χ2v) is 6.56. The fourth-order valence-electron chi connectivity index (χ4n) is 2.29. The molecule has 6 heteroatoms. The van der Waals surface area contributed by atoms with Crippen molar-refractivity contribution in [3.8, 4) is 5.75 Å². The number of carbonyl (C=O) groups excluding carboxylic acids is 1. The number of carboxylic acids is 1. The Morgan fingerprint density at radius 1 is 1.28 bits per heavy atom. The highest BCUT2D eigenvalue weighted by molar-refractivity contribution is 7.99. The number of thioether (sulfide) groups is 1. The molecule has 0 saturated heterocycles. The molecule has 0 aliphatic carbocycles. The Morgan fingerprint density at radius 2 is 2.08 bits per heavy atom. The summed E-state index contributed by atoms with van der Waals surface area (Å²) in [6.45, 7) is 3.95. The molecular weight excluding hydrogens is 336 g/mol. The number of hydrogen-bond acceptors (Lipinski definition) is 6. The number of aryl methyl sites for hydroxylation is 1. The minimum Gasteiger partial charge on any atom is -0.549 e. The topological polar surface area (TPSA) is 73.8 Å². The molecule has 0 saturated carbocycles. The van der Waals surface area contributed by atoms with E-state index in [9.17, 15) is 9.90 Å². The minimum absolute atomic E-state index is 0.0463. The molecule has 0 bridgehead atoms. The summed E-state index contributed by atoms with van der Waals surface area (Å²) in [7, 11) is 1.60. The van der Waals surface area contributed by atoms with Gasteiger partial charge in [0.1, 0.15) is 5.75 Å². The van der Waals surface area contributed by atoms with Crippen LogP contribution < -0.4 is 15.3 Å². The van der Waals surface area contributed by atoms with Gasteiger partial charge in [-0.2, -0.15) is 16.9 Å². The first kappa shape index (κ1) is 18.9. The third-order valence-corrected chi connectivity index (χ3v) is 4.50. The van der Waals surface area contributed by atoms with Crippen LogP contribution in [0.15, 0.2) is 47.6 Å². The number of carbonyl (C=O) groups is 1. The maximum absolute atomic E-state index is 10.6. The summed E-state index contributed by atoms with van der Waals surface area (Å²) in [5.74, 6) is 0.146. The van der Waals surface area contributed by atoms with Crippen molar-refractivity contribution in [2.75, 3.05) is 18.3 Å². The highest BCUT2D eigenvalue weighted by Gasteiger charge is 2.07. The maximum Gasteiger partial charge on any atom is 0.122 e. The molecule has 2 rings (SSSR count). The lowest BCUT2D eigenvalue weighted by Crippen LogP contribution is -2.24. The largest absolute Gasteiger partial charge is 0.549 e. The van der Waals surface area contributed by atoms with Crippen LogP contribution in [0.3, 0.4) is 0 Å². The summed E-state index contributed by atoms with van der Waals surface area (Å²) < 4.78 is 5.35. The molecule has 2 aromatic carbocycles. The highest BCUT2D eigenvalue weighted by atomic mass is 32.2. The number of hydrazone groups is 1. The van der Waals surface area contributed by atoms with E-state index in [-0.39, 0.29) is 5.75 Å². The van der Waals surface area contributed by atoms with Crippen LogP contribution in [-0.2, 0) is 10.5 Å². The van der Waals surface area contributed by atoms with Crippen molar-refractivity contribution in [3.05, 3.63) is 59.2 Å². The Morgan fingerprint density at radius 3 is 2.76 bits per heavy atom. The molecule has 0 aliphatic rings. The standard InChI is InChI=1S/C19H22N2O3S/c1-13-5-4-6-17(9-13)21-20-14(2)15-7-8-18(24-3)16(10-15)11-25-12-19(22)23/h4-10,21H,11-12H2,1-3H3,(H,22,23)/p-1/b20-14-. The van der Waals surface area contributed by atoms with Crippen LogP contribution in [0, 0.1) is 6.92 Å². The molecule has 0 unspecified atom stereocenters. The van der Waals surface area contributed by atoms with Gasteiger partial charge in [0.05, 0.1) is 24.5 Å². The molecule has 0 atom stereocenters. The maximum atomic E-state index is 10.6. The summed E-state index contributed by atoms with van der Waals surface area (Å²) in [6.07, 6.45) is 0. The van der Waals surface area contributed by atoms with E-state index < -0.39 is 5.97 Å². The Bertz CT molecular complexity index is 775. The number of nitrogens with zero attached hydrogens (tertiary/aromatic N) is 1. The summed E-state index contributed by atoms with van der Waals surface area (Å²) in [4.78, 5) is 10.6. The average molecular weight is 357 g/mol.